The fraction of sp³-hybridized carbons (Fsp3) is 0.412. The van der Waals surface area contributed by atoms with Gasteiger partial charge >= 0.3 is 0 Å². The van der Waals surface area contributed by atoms with Crippen molar-refractivity contribution in [3.63, 3.8) is 0 Å². The van der Waals surface area contributed by atoms with Crippen LogP contribution in [-0.4, -0.2) is 36.0 Å². The van der Waals surface area contributed by atoms with E-state index in [-0.39, 0.29) is 10.6 Å². The largest absolute Gasteiger partial charge is 0.309 e. The molecule has 1 fully saturated rings. The predicted octanol–water partition coefficient (Wildman–Crippen LogP) is 3.51. The van der Waals surface area contributed by atoms with Gasteiger partial charge in [0.25, 0.3) is 5.69 Å². The quantitative estimate of drug-likeness (QED) is 0.673. The molecular formula is C17H21N3O2S. The first-order valence-electron chi connectivity index (χ1n) is 7.88. The number of piperidine rings is 1. The molecule has 1 aromatic carbocycles. The van der Waals surface area contributed by atoms with Gasteiger partial charge in [-0.1, -0.05) is 12.1 Å². The Kier molecular flexibility index (Phi) is 5.05. The van der Waals surface area contributed by atoms with Gasteiger partial charge in [-0.05, 0) is 51.2 Å². The molecule has 0 unspecified atom stereocenters. The molecule has 3 rings (SSSR count). The van der Waals surface area contributed by atoms with Crippen molar-refractivity contribution < 1.29 is 4.92 Å². The third-order valence-corrected chi connectivity index (χ3v) is 5.43. The third kappa shape index (κ3) is 3.96. The molecule has 1 saturated heterocycles. The summed E-state index contributed by atoms with van der Waals surface area (Å²) in [5.41, 5.74) is 0.872. The van der Waals surface area contributed by atoms with E-state index in [0.29, 0.717) is 11.6 Å². The Hall–Kier alpha value is -1.76. The van der Waals surface area contributed by atoms with Crippen LogP contribution in [0.3, 0.4) is 0 Å². The standard InChI is InChI=1S/C17H21N3O2S/c1-19-10-8-13(9-11-19)18-12-14-6-7-17(23-14)15-4-2-3-5-16(15)20(21)22/h2-7,13,18H,8-12H2,1H3. The SMILES string of the molecule is CN1CCC(NCc2ccc(-c3ccccc3[N+](=O)[O-])s2)CC1. The van der Waals surface area contributed by atoms with Crippen molar-refractivity contribution in [3.05, 3.63) is 51.4 Å². The van der Waals surface area contributed by atoms with E-state index in [1.807, 2.05) is 18.2 Å². The van der Waals surface area contributed by atoms with E-state index in [9.17, 15) is 10.1 Å². The highest BCUT2D eigenvalue weighted by Gasteiger charge is 2.18. The molecule has 0 amide bonds. The zero-order valence-corrected chi connectivity index (χ0v) is 14.0. The van der Waals surface area contributed by atoms with Gasteiger partial charge in [0, 0.05) is 28.4 Å². The van der Waals surface area contributed by atoms with Crippen molar-refractivity contribution in [2.24, 2.45) is 0 Å². The van der Waals surface area contributed by atoms with Crippen LogP contribution in [0.15, 0.2) is 36.4 Å². The molecule has 0 radical (unpaired) electrons. The van der Waals surface area contributed by atoms with Crippen molar-refractivity contribution in [1.82, 2.24) is 10.2 Å². The Morgan fingerprint density at radius 2 is 2.00 bits per heavy atom. The van der Waals surface area contributed by atoms with E-state index in [1.165, 1.54) is 17.7 Å². The molecule has 122 valence electrons. The minimum absolute atomic E-state index is 0.171. The fourth-order valence-corrected chi connectivity index (χ4v) is 3.91. The summed E-state index contributed by atoms with van der Waals surface area (Å²) < 4.78 is 0. The highest BCUT2D eigenvalue weighted by molar-refractivity contribution is 7.15. The van der Waals surface area contributed by atoms with Gasteiger partial charge in [0.15, 0.2) is 0 Å². The summed E-state index contributed by atoms with van der Waals surface area (Å²) >= 11 is 1.63. The molecule has 0 spiro atoms. The maximum atomic E-state index is 11.2. The molecule has 0 atom stereocenters. The second kappa shape index (κ2) is 7.21. The Morgan fingerprint density at radius 1 is 1.26 bits per heavy atom. The van der Waals surface area contributed by atoms with Crippen LogP contribution in [0, 0.1) is 10.1 Å². The number of rotatable bonds is 5. The molecule has 1 aromatic heterocycles. The van der Waals surface area contributed by atoms with Crippen molar-refractivity contribution in [3.8, 4) is 10.4 Å². The van der Waals surface area contributed by atoms with E-state index < -0.39 is 0 Å². The lowest BCUT2D eigenvalue weighted by Crippen LogP contribution is -2.40. The van der Waals surface area contributed by atoms with Crippen LogP contribution in [0.4, 0.5) is 5.69 Å². The summed E-state index contributed by atoms with van der Waals surface area (Å²) in [5.74, 6) is 0. The van der Waals surface area contributed by atoms with Gasteiger partial charge in [-0.15, -0.1) is 11.3 Å². The zero-order valence-electron chi connectivity index (χ0n) is 13.2. The Bertz CT molecular complexity index is 678. The van der Waals surface area contributed by atoms with Crippen LogP contribution in [0.5, 0.6) is 0 Å². The molecule has 1 aliphatic rings. The Morgan fingerprint density at radius 3 is 2.74 bits per heavy atom. The zero-order chi connectivity index (χ0) is 16.2. The fourth-order valence-electron chi connectivity index (χ4n) is 2.92. The van der Waals surface area contributed by atoms with E-state index in [2.05, 4.69) is 23.3 Å². The van der Waals surface area contributed by atoms with E-state index in [0.717, 1.165) is 24.5 Å². The summed E-state index contributed by atoms with van der Waals surface area (Å²) in [6.45, 7) is 3.12. The third-order valence-electron chi connectivity index (χ3n) is 4.31. The van der Waals surface area contributed by atoms with Crippen LogP contribution in [0.1, 0.15) is 17.7 Å². The minimum Gasteiger partial charge on any atom is -0.309 e. The summed E-state index contributed by atoms with van der Waals surface area (Å²) in [6.07, 6.45) is 2.36. The lowest BCUT2D eigenvalue weighted by atomic mass is 10.1. The first kappa shape index (κ1) is 16.1. The molecular weight excluding hydrogens is 310 g/mol. The lowest BCUT2D eigenvalue weighted by Gasteiger charge is -2.29. The summed E-state index contributed by atoms with van der Waals surface area (Å²) in [7, 11) is 2.16. The minimum atomic E-state index is -0.314. The predicted molar refractivity (Wildman–Crippen MR) is 93.8 cm³/mol. The maximum Gasteiger partial charge on any atom is 0.278 e. The number of nitrogens with zero attached hydrogens (tertiary/aromatic N) is 2. The molecule has 0 bridgehead atoms. The normalized spacial score (nSPS) is 16.6. The summed E-state index contributed by atoms with van der Waals surface area (Å²) in [4.78, 5) is 15.4. The van der Waals surface area contributed by atoms with Crippen molar-refractivity contribution in [1.29, 1.82) is 0 Å². The molecule has 0 aliphatic carbocycles. The number of para-hydroxylation sites is 1. The van der Waals surface area contributed by atoms with Gasteiger partial charge in [0.1, 0.15) is 0 Å². The van der Waals surface area contributed by atoms with Crippen LogP contribution in [0.2, 0.25) is 0 Å². The van der Waals surface area contributed by atoms with E-state index >= 15 is 0 Å². The molecule has 2 aromatic rings. The first-order valence-corrected chi connectivity index (χ1v) is 8.69. The highest BCUT2D eigenvalue weighted by Crippen LogP contribution is 2.34. The van der Waals surface area contributed by atoms with Gasteiger partial charge in [-0.3, -0.25) is 10.1 Å². The van der Waals surface area contributed by atoms with Gasteiger partial charge in [0.05, 0.1) is 10.5 Å². The average molecular weight is 331 g/mol. The van der Waals surface area contributed by atoms with Gasteiger partial charge in [-0.25, -0.2) is 0 Å². The molecule has 6 heteroatoms. The van der Waals surface area contributed by atoms with Crippen molar-refractivity contribution in [2.45, 2.75) is 25.4 Å². The van der Waals surface area contributed by atoms with Gasteiger partial charge in [-0.2, -0.15) is 0 Å². The Labute approximate surface area is 140 Å². The first-order chi connectivity index (χ1) is 11.1. The van der Waals surface area contributed by atoms with E-state index in [1.54, 1.807) is 23.5 Å². The summed E-state index contributed by atoms with van der Waals surface area (Å²) in [5, 5.41) is 14.8. The van der Waals surface area contributed by atoms with Crippen molar-refractivity contribution >= 4 is 17.0 Å². The topological polar surface area (TPSA) is 58.4 Å². The van der Waals surface area contributed by atoms with Gasteiger partial charge < -0.3 is 10.2 Å². The molecule has 23 heavy (non-hydrogen) atoms. The number of likely N-dealkylation sites (tertiary alicyclic amines) is 1. The van der Waals surface area contributed by atoms with Gasteiger partial charge in [0.2, 0.25) is 0 Å². The maximum absolute atomic E-state index is 11.2. The molecule has 0 saturated carbocycles. The number of nitro groups is 1. The molecule has 1 N–H and O–H groups in total. The number of benzene rings is 1. The molecule has 5 nitrogen and oxygen atoms in total. The van der Waals surface area contributed by atoms with E-state index in [4.69, 9.17) is 0 Å². The second-order valence-corrected chi connectivity index (χ2v) is 7.17. The number of nitrogens with one attached hydrogen (secondary N) is 1. The number of hydrogen-bond acceptors (Lipinski definition) is 5. The monoisotopic (exact) mass is 331 g/mol. The number of nitro benzene ring substituents is 1. The van der Waals surface area contributed by atoms with Crippen LogP contribution < -0.4 is 5.32 Å². The highest BCUT2D eigenvalue weighted by atomic mass is 32.1. The van der Waals surface area contributed by atoms with Crippen LogP contribution in [0.25, 0.3) is 10.4 Å². The number of hydrogen-bond donors (Lipinski definition) is 1. The Balaban J connectivity index is 1.66. The van der Waals surface area contributed by atoms with Crippen LogP contribution in [-0.2, 0) is 6.54 Å². The lowest BCUT2D eigenvalue weighted by molar-refractivity contribution is -0.384. The van der Waals surface area contributed by atoms with Crippen molar-refractivity contribution in [2.75, 3.05) is 20.1 Å². The summed E-state index contributed by atoms with van der Waals surface area (Å²) in [6, 6.07) is 11.6. The smallest absolute Gasteiger partial charge is 0.278 e. The molecule has 1 aliphatic heterocycles. The van der Waals surface area contributed by atoms with Crippen LogP contribution >= 0.6 is 11.3 Å². The molecule has 2 heterocycles. The second-order valence-electron chi connectivity index (χ2n) is 6.00. The average Bonchev–Trinajstić information content (AvgIpc) is 3.03. The number of thiophene rings is 1.